The monoisotopic (exact) mass is 521 g/mol. The second-order valence-electron chi connectivity index (χ2n) is 9.27. The first-order valence-electron chi connectivity index (χ1n) is 12.4. The number of carbonyl (C=O) groups excluding carboxylic acids is 1. The molecule has 1 saturated carbocycles. The minimum absolute atomic E-state index is 0.0695. The number of imidazole rings is 1. The molecule has 1 aliphatic carbocycles. The molecule has 3 aromatic rings. The molecule has 1 aliphatic rings. The summed E-state index contributed by atoms with van der Waals surface area (Å²) in [7, 11) is 3.41. The maximum Gasteiger partial charge on any atom is 0.334 e. The van der Waals surface area contributed by atoms with E-state index in [1.165, 1.54) is 10.8 Å². The molecule has 3 N–H and O–H groups in total. The van der Waals surface area contributed by atoms with Gasteiger partial charge in [-0.2, -0.15) is 0 Å². The number of likely N-dealkylation sites (N-methyl/N-ethyl adjacent to an activating group) is 1. The smallest absolute Gasteiger partial charge is 0.334 e. The predicted molar refractivity (Wildman–Crippen MR) is 148 cm³/mol. The fraction of sp³-hybridized carbons (Fsp3) is 0.370. The van der Waals surface area contributed by atoms with Crippen LogP contribution in [0.1, 0.15) is 41.7 Å². The Balaban J connectivity index is 1.46. The lowest BCUT2D eigenvalue weighted by Gasteiger charge is -2.29. The number of aromatic nitrogens is 3. The maximum atomic E-state index is 13.4. The van der Waals surface area contributed by atoms with E-state index in [1.54, 1.807) is 43.8 Å². The lowest BCUT2D eigenvalue weighted by molar-refractivity contribution is 0.0919. The summed E-state index contributed by atoms with van der Waals surface area (Å²) < 4.78 is 3.21. The van der Waals surface area contributed by atoms with Crippen molar-refractivity contribution < 1.29 is 4.79 Å². The van der Waals surface area contributed by atoms with Crippen LogP contribution in [0.4, 0.5) is 0 Å². The minimum Gasteiger partial charge on any atom is -0.373 e. The molecule has 0 unspecified atom stereocenters. The molecule has 1 fully saturated rings. The van der Waals surface area contributed by atoms with E-state index in [2.05, 4.69) is 20.6 Å². The van der Waals surface area contributed by atoms with Crippen molar-refractivity contribution in [3.63, 3.8) is 0 Å². The van der Waals surface area contributed by atoms with E-state index in [9.17, 15) is 9.59 Å². The number of para-hydroxylation sites is 2. The molecule has 0 aliphatic heterocycles. The van der Waals surface area contributed by atoms with Crippen LogP contribution in [0.3, 0.4) is 0 Å². The molecular formula is C27H32ClN7O2. The highest BCUT2D eigenvalue weighted by molar-refractivity contribution is 6.30. The minimum atomic E-state index is -0.227. The van der Waals surface area contributed by atoms with Gasteiger partial charge in [-0.1, -0.05) is 23.7 Å². The van der Waals surface area contributed by atoms with Gasteiger partial charge in [-0.3, -0.25) is 24.7 Å². The zero-order chi connectivity index (χ0) is 26.5. The lowest BCUT2D eigenvalue weighted by Crippen LogP contribution is -2.39. The van der Waals surface area contributed by atoms with Gasteiger partial charge in [0.1, 0.15) is 11.7 Å². The SMILES string of the molecule is CN=C(/C=C\C(=N)n1c(=O)n(CC2CCC(NC(=O)c3cc(Cl)cnc3C)CC2)c2ccccc21)NC. The Morgan fingerprint density at radius 2 is 1.92 bits per heavy atom. The first kappa shape index (κ1) is 26.3. The molecule has 0 bridgehead atoms. The number of aryl methyl sites for hydroxylation is 1. The van der Waals surface area contributed by atoms with Crippen molar-refractivity contribution in [1.82, 2.24) is 24.8 Å². The van der Waals surface area contributed by atoms with Crippen molar-refractivity contribution >= 4 is 40.2 Å². The quantitative estimate of drug-likeness (QED) is 0.338. The lowest BCUT2D eigenvalue weighted by atomic mass is 9.85. The Hall–Kier alpha value is -3.72. The number of rotatable bonds is 6. The fourth-order valence-corrected chi connectivity index (χ4v) is 5.03. The Labute approximate surface area is 220 Å². The summed E-state index contributed by atoms with van der Waals surface area (Å²) in [6.45, 7) is 2.36. The highest BCUT2D eigenvalue weighted by Crippen LogP contribution is 2.27. The van der Waals surface area contributed by atoms with Gasteiger partial charge < -0.3 is 10.6 Å². The van der Waals surface area contributed by atoms with E-state index < -0.39 is 0 Å². The van der Waals surface area contributed by atoms with Crippen molar-refractivity contribution in [2.24, 2.45) is 10.9 Å². The van der Waals surface area contributed by atoms with Crippen molar-refractivity contribution in [1.29, 1.82) is 5.41 Å². The molecule has 4 rings (SSSR count). The van der Waals surface area contributed by atoms with Gasteiger partial charge in [0, 0.05) is 32.9 Å². The van der Waals surface area contributed by atoms with Crippen LogP contribution in [-0.4, -0.2) is 51.8 Å². The Kier molecular flexibility index (Phi) is 8.23. The van der Waals surface area contributed by atoms with E-state index >= 15 is 0 Å². The molecule has 0 saturated heterocycles. The third-order valence-electron chi connectivity index (χ3n) is 6.89. The van der Waals surface area contributed by atoms with Gasteiger partial charge in [-0.05, 0) is 68.9 Å². The number of nitrogens with zero attached hydrogens (tertiary/aromatic N) is 4. The average Bonchev–Trinajstić information content (AvgIpc) is 3.18. The number of amidine groups is 1. The summed E-state index contributed by atoms with van der Waals surface area (Å²) in [5, 5.41) is 15.0. The fourth-order valence-electron chi connectivity index (χ4n) is 4.87. The zero-order valence-electron chi connectivity index (χ0n) is 21.3. The number of nitrogens with one attached hydrogen (secondary N) is 3. The van der Waals surface area contributed by atoms with Crippen LogP contribution in [0, 0.1) is 18.3 Å². The standard InChI is InChI=1S/C27H32ClN7O2/c1-17-21(14-19(28)15-32-17)26(36)33-20-10-8-18(9-11-20)16-34-22-6-4-5-7-23(22)35(27(34)37)24(29)12-13-25(30-2)31-3/h4-7,12-15,18,20,29H,8-11,16H2,1-3H3,(H,30,31)(H,33,36)/b13-12-,29-24?. The van der Waals surface area contributed by atoms with Crippen molar-refractivity contribution in [2.75, 3.05) is 14.1 Å². The third kappa shape index (κ3) is 5.83. The molecular weight excluding hydrogens is 490 g/mol. The normalized spacial score (nSPS) is 18.3. The predicted octanol–water partition coefficient (Wildman–Crippen LogP) is 3.78. The Bertz CT molecular complexity index is 1430. The number of allylic oxidation sites excluding steroid dienone is 1. The molecule has 0 atom stereocenters. The van der Waals surface area contributed by atoms with E-state index in [1.807, 2.05) is 24.3 Å². The average molecular weight is 522 g/mol. The zero-order valence-corrected chi connectivity index (χ0v) is 22.0. The van der Waals surface area contributed by atoms with Crippen molar-refractivity contribution in [3.05, 3.63) is 75.4 Å². The van der Waals surface area contributed by atoms with Crippen LogP contribution in [-0.2, 0) is 6.54 Å². The highest BCUT2D eigenvalue weighted by Gasteiger charge is 2.25. The number of pyridine rings is 1. The summed E-state index contributed by atoms with van der Waals surface area (Å²) in [4.78, 5) is 34.5. The maximum absolute atomic E-state index is 13.4. The van der Waals surface area contributed by atoms with Gasteiger partial charge >= 0.3 is 5.69 Å². The summed E-state index contributed by atoms with van der Waals surface area (Å²) in [6.07, 6.45) is 8.23. The van der Waals surface area contributed by atoms with Crippen LogP contribution in [0.25, 0.3) is 11.0 Å². The van der Waals surface area contributed by atoms with Gasteiger partial charge in [-0.25, -0.2) is 9.36 Å². The second-order valence-corrected chi connectivity index (χ2v) is 9.71. The number of carbonyl (C=O) groups is 1. The van der Waals surface area contributed by atoms with E-state index in [0.29, 0.717) is 40.1 Å². The first-order valence-corrected chi connectivity index (χ1v) is 12.7. The molecule has 1 amide bonds. The molecule has 37 heavy (non-hydrogen) atoms. The van der Waals surface area contributed by atoms with Crippen LogP contribution >= 0.6 is 11.6 Å². The molecule has 2 heterocycles. The van der Waals surface area contributed by atoms with E-state index in [0.717, 1.165) is 31.2 Å². The summed E-state index contributed by atoms with van der Waals surface area (Å²) in [5.74, 6) is 0.838. The first-order chi connectivity index (χ1) is 17.8. The second kappa shape index (κ2) is 11.6. The van der Waals surface area contributed by atoms with Gasteiger partial charge in [0.2, 0.25) is 0 Å². The Morgan fingerprint density at radius 3 is 2.59 bits per heavy atom. The molecule has 0 radical (unpaired) electrons. The third-order valence-corrected chi connectivity index (χ3v) is 7.10. The number of benzene rings is 1. The van der Waals surface area contributed by atoms with Gasteiger partial charge in [0.25, 0.3) is 5.91 Å². The Morgan fingerprint density at radius 1 is 1.22 bits per heavy atom. The number of halogens is 1. The van der Waals surface area contributed by atoms with Crippen LogP contribution < -0.4 is 16.3 Å². The number of fused-ring (bicyclic) bond motifs is 1. The summed E-state index contributed by atoms with van der Waals surface area (Å²) in [6, 6.07) is 9.28. The summed E-state index contributed by atoms with van der Waals surface area (Å²) >= 11 is 6.02. The molecule has 9 nitrogen and oxygen atoms in total. The number of aliphatic imine (C=N–C) groups is 1. The number of hydrogen-bond acceptors (Lipinski definition) is 5. The van der Waals surface area contributed by atoms with Gasteiger partial charge in [-0.15, -0.1) is 0 Å². The number of amides is 1. The van der Waals surface area contributed by atoms with Crippen LogP contribution in [0.15, 0.2) is 58.5 Å². The molecule has 194 valence electrons. The van der Waals surface area contributed by atoms with E-state index in [4.69, 9.17) is 17.0 Å². The van der Waals surface area contributed by atoms with Gasteiger partial charge in [0.05, 0.1) is 27.3 Å². The molecule has 10 heteroatoms. The van der Waals surface area contributed by atoms with Crippen molar-refractivity contribution in [2.45, 2.75) is 45.2 Å². The molecule has 1 aromatic carbocycles. The molecule has 0 spiro atoms. The topological polar surface area (TPSA) is 117 Å². The highest BCUT2D eigenvalue weighted by atomic mass is 35.5. The van der Waals surface area contributed by atoms with Crippen LogP contribution in [0.5, 0.6) is 0 Å². The molecule has 2 aromatic heterocycles. The number of hydrogen-bond donors (Lipinski definition) is 3. The summed E-state index contributed by atoms with van der Waals surface area (Å²) in [5.41, 5.74) is 2.43. The van der Waals surface area contributed by atoms with Gasteiger partial charge in [0.15, 0.2) is 0 Å². The van der Waals surface area contributed by atoms with E-state index in [-0.39, 0.29) is 23.5 Å². The van der Waals surface area contributed by atoms with Crippen LogP contribution in [0.2, 0.25) is 5.02 Å². The van der Waals surface area contributed by atoms with Crippen molar-refractivity contribution in [3.8, 4) is 0 Å². The largest absolute Gasteiger partial charge is 0.373 e.